The first kappa shape index (κ1) is 19.3. The molecule has 3 aromatic rings. The number of nitrogens with zero attached hydrogens (tertiary/aromatic N) is 3. The molecule has 1 aliphatic heterocycles. The fourth-order valence-electron chi connectivity index (χ4n) is 3.70. The van der Waals surface area contributed by atoms with Crippen molar-refractivity contribution in [2.45, 2.75) is 32.9 Å². The van der Waals surface area contributed by atoms with E-state index in [0.717, 1.165) is 24.2 Å². The Bertz CT molecular complexity index is 1180. The minimum absolute atomic E-state index is 0.0391. The van der Waals surface area contributed by atoms with Crippen LogP contribution < -0.4 is 10.9 Å². The van der Waals surface area contributed by atoms with Crippen molar-refractivity contribution in [3.05, 3.63) is 62.0 Å². The molecule has 1 aliphatic rings. The number of fused-ring (bicyclic) bond motifs is 2. The molecule has 4 rings (SSSR count). The molecule has 2 amide bonds. The summed E-state index contributed by atoms with van der Waals surface area (Å²) in [5, 5.41) is 3.15. The van der Waals surface area contributed by atoms with Gasteiger partial charge in [-0.3, -0.25) is 19.0 Å². The summed E-state index contributed by atoms with van der Waals surface area (Å²) in [4.78, 5) is 45.0. The zero-order valence-corrected chi connectivity index (χ0v) is 17.4. The summed E-state index contributed by atoms with van der Waals surface area (Å²) >= 11 is 1.29. The van der Waals surface area contributed by atoms with E-state index in [-0.39, 0.29) is 17.4 Å². The average molecular weight is 410 g/mol. The van der Waals surface area contributed by atoms with Gasteiger partial charge in [0.05, 0.1) is 10.3 Å². The number of aromatic nitrogens is 2. The highest BCUT2D eigenvalue weighted by Crippen LogP contribution is 2.29. The van der Waals surface area contributed by atoms with E-state index in [1.165, 1.54) is 11.3 Å². The Morgan fingerprint density at radius 2 is 2.00 bits per heavy atom. The quantitative estimate of drug-likeness (QED) is 0.716. The molecular weight excluding hydrogens is 388 g/mol. The van der Waals surface area contributed by atoms with Crippen LogP contribution in [0.3, 0.4) is 0 Å². The largest absolute Gasteiger partial charge is 0.355 e. The van der Waals surface area contributed by atoms with E-state index in [1.807, 2.05) is 19.1 Å². The van der Waals surface area contributed by atoms with Crippen LogP contribution >= 0.6 is 11.3 Å². The van der Waals surface area contributed by atoms with Gasteiger partial charge in [0.25, 0.3) is 17.4 Å². The highest BCUT2D eigenvalue weighted by molar-refractivity contribution is 7.20. The summed E-state index contributed by atoms with van der Waals surface area (Å²) < 4.78 is 1.73. The van der Waals surface area contributed by atoms with E-state index in [1.54, 1.807) is 35.7 Å². The fourth-order valence-corrected chi connectivity index (χ4v) is 4.89. The van der Waals surface area contributed by atoms with Crippen LogP contribution in [-0.4, -0.2) is 40.4 Å². The van der Waals surface area contributed by atoms with E-state index < -0.39 is 0 Å². The van der Waals surface area contributed by atoms with Crippen molar-refractivity contribution in [3.8, 4) is 0 Å². The second-order valence-electron chi connectivity index (χ2n) is 7.26. The average Bonchev–Trinajstić information content (AvgIpc) is 3.32. The smallest absolute Gasteiger partial charge is 0.264 e. The van der Waals surface area contributed by atoms with E-state index in [4.69, 9.17) is 0 Å². The summed E-state index contributed by atoms with van der Waals surface area (Å²) in [6, 6.07) is 7.16. The Hall–Kier alpha value is -3.00. The van der Waals surface area contributed by atoms with Gasteiger partial charge in [0.2, 0.25) is 0 Å². The molecule has 7 nitrogen and oxygen atoms in total. The minimum Gasteiger partial charge on any atom is -0.355 e. The second kappa shape index (κ2) is 7.44. The summed E-state index contributed by atoms with van der Waals surface area (Å²) in [6.45, 7) is 2.92. The molecule has 0 saturated carbocycles. The topological polar surface area (TPSA) is 84.3 Å². The van der Waals surface area contributed by atoms with Crippen molar-refractivity contribution in [1.82, 2.24) is 19.8 Å². The summed E-state index contributed by atoms with van der Waals surface area (Å²) in [5.41, 5.74) is 2.16. The molecule has 29 heavy (non-hydrogen) atoms. The van der Waals surface area contributed by atoms with Crippen LogP contribution in [0, 0.1) is 6.92 Å². The number of carbonyl (C=O) groups is 2. The molecule has 0 aliphatic carbocycles. The van der Waals surface area contributed by atoms with E-state index in [2.05, 4.69) is 10.3 Å². The number of rotatable bonds is 4. The van der Waals surface area contributed by atoms with Gasteiger partial charge < -0.3 is 10.2 Å². The molecule has 1 N–H and O–H groups in total. The Morgan fingerprint density at radius 1 is 1.28 bits per heavy atom. The third kappa shape index (κ3) is 3.33. The number of hydrogen-bond acceptors (Lipinski definition) is 5. The van der Waals surface area contributed by atoms with Crippen LogP contribution in [0.2, 0.25) is 0 Å². The first-order valence-electron chi connectivity index (χ1n) is 9.50. The number of thiophene rings is 1. The normalized spacial score (nSPS) is 12.8. The molecule has 0 fully saturated rings. The van der Waals surface area contributed by atoms with Gasteiger partial charge in [-0.1, -0.05) is 12.1 Å². The van der Waals surface area contributed by atoms with Crippen LogP contribution in [0.4, 0.5) is 0 Å². The second-order valence-corrected chi connectivity index (χ2v) is 8.26. The number of nitrogens with one attached hydrogen (secondary N) is 1. The maximum absolute atomic E-state index is 13.1. The Balaban J connectivity index is 1.60. The molecule has 3 heterocycles. The predicted octanol–water partition coefficient (Wildman–Crippen LogP) is 2.34. The lowest BCUT2D eigenvalue weighted by atomic mass is 10.1. The van der Waals surface area contributed by atoms with Crippen molar-refractivity contribution in [1.29, 1.82) is 0 Å². The molecule has 1 aromatic carbocycles. The first-order chi connectivity index (χ1) is 13.9. The third-order valence-corrected chi connectivity index (χ3v) is 6.49. The van der Waals surface area contributed by atoms with Gasteiger partial charge in [-0.05, 0) is 36.6 Å². The lowest BCUT2D eigenvalue weighted by Gasteiger charge is -2.17. The standard InChI is InChI=1S/C21H22N4O3S/c1-12-16-19(23-15-5-4-10-25(15)20(16)27)29-17(12)21(28)24(3)11-13-6-8-14(9-7-13)18(26)22-2/h6-9H,4-5,10-11H2,1-3H3,(H,22,26). The number of aryl methyl sites for hydroxylation is 2. The Morgan fingerprint density at radius 3 is 2.69 bits per heavy atom. The van der Waals surface area contributed by atoms with Gasteiger partial charge >= 0.3 is 0 Å². The summed E-state index contributed by atoms with van der Waals surface area (Å²) in [5.74, 6) is 0.533. The van der Waals surface area contributed by atoms with Gasteiger partial charge in [-0.2, -0.15) is 0 Å². The molecule has 0 saturated heterocycles. The molecule has 0 spiro atoms. The van der Waals surface area contributed by atoms with Gasteiger partial charge in [-0.25, -0.2) is 4.98 Å². The SMILES string of the molecule is CNC(=O)c1ccc(CN(C)C(=O)c2sc3nc4n(c(=O)c3c2C)CCC4)cc1. The third-order valence-electron chi connectivity index (χ3n) is 5.32. The van der Waals surface area contributed by atoms with Crippen LogP contribution in [0.1, 0.15) is 43.4 Å². The molecule has 0 radical (unpaired) electrons. The highest BCUT2D eigenvalue weighted by Gasteiger charge is 2.24. The van der Waals surface area contributed by atoms with Crippen molar-refractivity contribution >= 4 is 33.4 Å². The molecule has 0 atom stereocenters. The zero-order chi connectivity index (χ0) is 20.7. The fraction of sp³-hybridized carbons (Fsp3) is 0.333. The van der Waals surface area contributed by atoms with Gasteiger partial charge in [0.1, 0.15) is 10.7 Å². The van der Waals surface area contributed by atoms with Gasteiger partial charge in [0, 0.05) is 39.2 Å². The predicted molar refractivity (Wildman–Crippen MR) is 113 cm³/mol. The monoisotopic (exact) mass is 410 g/mol. The van der Waals surface area contributed by atoms with Gasteiger partial charge in [-0.15, -0.1) is 11.3 Å². The molecule has 0 unspecified atom stereocenters. The summed E-state index contributed by atoms with van der Waals surface area (Å²) in [6.07, 6.45) is 1.74. The number of carbonyl (C=O) groups excluding carboxylic acids is 2. The van der Waals surface area contributed by atoms with Crippen LogP contribution in [0.15, 0.2) is 29.1 Å². The molecule has 8 heteroatoms. The Labute approximate surface area is 172 Å². The van der Waals surface area contributed by atoms with Crippen molar-refractivity contribution < 1.29 is 9.59 Å². The zero-order valence-electron chi connectivity index (χ0n) is 16.6. The number of amides is 2. The van der Waals surface area contributed by atoms with E-state index in [0.29, 0.717) is 39.3 Å². The molecule has 0 bridgehead atoms. The van der Waals surface area contributed by atoms with Crippen molar-refractivity contribution in [3.63, 3.8) is 0 Å². The van der Waals surface area contributed by atoms with E-state index >= 15 is 0 Å². The lowest BCUT2D eigenvalue weighted by molar-refractivity contribution is 0.0789. The number of hydrogen-bond donors (Lipinski definition) is 1. The van der Waals surface area contributed by atoms with Crippen molar-refractivity contribution in [2.75, 3.05) is 14.1 Å². The minimum atomic E-state index is -0.146. The van der Waals surface area contributed by atoms with Gasteiger partial charge in [0.15, 0.2) is 0 Å². The summed E-state index contributed by atoms with van der Waals surface area (Å²) in [7, 11) is 3.32. The van der Waals surface area contributed by atoms with Crippen molar-refractivity contribution in [2.24, 2.45) is 0 Å². The highest BCUT2D eigenvalue weighted by atomic mass is 32.1. The first-order valence-corrected chi connectivity index (χ1v) is 10.3. The molecular formula is C21H22N4O3S. The Kier molecular flexibility index (Phi) is 4.96. The van der Waals surface area contributed by atoms with Crippen LogP contribution in [0.25, 0.3) is 10.2 Å². The molecule has 2 aromatic heterocycles. The van der Waals surface area contributed by atoms with E-state index in [9.17, 15) is 14.4 Å². The maximum Gasteiger partial charge on any atom is 0.264 e. The maximum atomic E-state index is 13.1. The van der Waals surface area contributed by atoms with Crippen LogP contribution in [-0.2, 0) is 19.5 Å². The lowest BCUT2D eigenvalue weighted by Crippen LogP contribution is -2.26. The number of benzene rings is 1. The molecule has 150 valence electrons. The van der Waals surface area contributed by atoms with Crippen LogP contribution in [0.5, 0.6) is 0 Å².